The molecule has 3 heterocycles. The molecule has 0 N–H and O–H groups in total. The maximum Gasteiger partial charge on any atom is 0.290 e. The van der Waals surface area contributed by atoms with E-state index in [4.69, 9.17) is 9.47 Å². The van der Waals surface area contributed by atoms with E-state index in [1.807, 2.05) is 0 Å². The van der Waals surface area contributed by atoms with Crippen LogP contribution in [-0.4, -0.2) is 67.0 Å². The van der Waals surface area contributed by atoms with Gasteiger partial charge in [-0.05, 0) is 49.3 Å². The van der Waals surface area contributed by atoms with Gasteiger partial charge in [-0.25, -0.2) is 4.39 Å². The Bertz CT molecular complexity index is 909. The van der Waals surface area contributed by atoms with Crippen LogP contribution in [0.2, 0.25) is 0 Å². The number of nitrogens with zero attached hydrogens (tertiary/aromatic N) is 2. The molecular weight excluding hydrogens is 411 g/mol. The molecule has 4 unspecified atom stereocenters. The first-order valence-corrected chi connectivity index (χ1v) is 11.8. The number of hydrogen-bond donors (Lipinski definition) is 0. The predicted molar refractivity (Wildman–Crippen MR) is 116 cm³/mol. The number of benzene rings is 1. The van der Waals surface area contributed by atoms with Crippen molar-refractivity contribution >= 4 is 11.7 Å². The van der Waals surface area contributed by atoms with E-state index in [1.165, 1.54) is 12.1 Å². The lowest BCUT2D eigenvalue weighted by molar-refractivity contribution is -0.136. The molecule has 7 heteroatoms. The minimum Gasteiger partial charge on any atom is -0.483 e. The van der Waals surface area contributed by atoms with Gasteiger partial charge in [-0.3, -0.25) is 14.5 Å². The molecule has 1 saturated heterocycles. The van der Waals surface area contributed by atoms with E-state index in [0.717, 1.165) is 64.1 Å². The number of amides is 1. The van der Waals surface area contributed by atoms with Gasteiger partial charge in [0.2, 0.25) is 0 Å². The summed E-state index contributed by atoms with van der Waals surface area (Å²) in [5.41, 5.74) is 1.23. The second kappa shape index (κ2) is 8.94. The van der Waals surface area contributed by atoms with Crippen molar-refractivity contribution in [2.24, 2.45) is 11.8 Å². The van der Waals surface area contributed by atoms with Crippen LogP contribution in [0.1, 0.15) is 44.2 Å². The van der Waals surface area contributed by atoms with E-state index in [2.05, 4.69) is 11.8 Å². The largest absolute Gasteiger partial charge is 0.483 e. The summed E-state index contributed by atoms with van der Waals surface area (Å²) in [5.74, 6) is 0.00594. The highest BCUT2D eigenvalue weighted by Crippen LogP contribution is 2.47. The first kappa shape index (κ1) is 21.6. The van der Waals surface area contributed by atoms with Crippen LogP contribution in [0.5, 0.6) is 0 Å². The van der Waals surface area contributed by atoms with Crippen molar-refractivity contribution in [3.63, 3.8) is 0 Å². The number of rotatable bonds is 5. The zero-order valence-corrected chi connectivity index (χ0v) is 18.6. The van der Waals surface area contributed by atoms with Crippen molar-refractivity contribution in [2.75, 3.05) is 39.4 Å². The minimum absolute atomic E-state index is 0.0427. The average molecular weight is 443 g/mol. The van der Waals surface area contributed by atoms with E-state index in [9.17, 15) is 14.0 Å². The van der Waals surface area contributed by atoms with Gasteiger partial charge in [0.1, 0.15) is 11.9 Å². The number of Topliss-reactive ketones (excluding diaryl/α,β-unsaturated/α-hetero) is 1. The van der Waals surface area contributed by atoms with E-state index >= 15 is 0 Å². The van der Waals surface area contributed by atoms with Gasteiger partial charge in [0, 0.05) is 26.2 Å². The van der Waals surface area contributed by atoms with E-state index in [1.54, 1.807) is 17.0 Å². The SMILES string of the molecule is CC1CCC2OC3=C(C(=O)C2C1)C(c1ccc(F)cc1)N(CCCN1CCOCC1)C3=O. The van der Waals surface area contributed by atoms with Crippen LogP contribution in [0.25, 0.3) is 0 Å². The number of morpholine rings is 1. The number of hydrogen-bond acceptors (Lipinski definition) is 5. The molecule has 1 saturated carbocycles. The normalized spacial score (nSPS) is 30.9. The molecule has 5 rings (SSSR count). The number of halogens is 1. The van der Waals surface area contributed by atoms with Crippen LogP contribution >= 0.6 is 0 Å². The smallest absolute Gasteiger partial charge is 0.290 e. The van der Waals surface area contributed by atoms with Gasteiger partial charge in [-0.15, -0.1) is 0 Å². The summed E-state index contributed by atoms with van der Waals surface area (Å²) in [6.07, 6.45) is 3.20. The van der Waals surface area contributed by atoms with E-state index in [-0.39, 0.29) is 35.3 Å². The van der Waals surface area contributed by atoms with Crippen LogP contribution in [0, 0.1) is 17.7 Å². The minimum atomic E-state index is -0.506. The summed E-state index contributed by atoms with van der Waals surface area (Å²) in [4.78, 5) is 31.2. The molecular formula is C25H31FN2O4. The topological polar surface area (TPSA) is 59.1 Å². The molecule has 6 nitrogen and oxygen atoms in total. The first-order valence-electron chi connectivity index (χ1n) is 11.8. The quantitative estimate of drug-likeness (QED) is 0.702. The number of carbonyl (C=O) groups is 2. The molecule has 3 aliphatic heterocycles. The van der Waals surface area contributed by atoms with Gasteiger partial charge in [0.05, 0.1) is 30.7 Å². The first-order chi connectivity index (χ1) is 15.5. The van der Waals surface area contributed by atoms with Crippen LogP contribution in [0.3, 0.4) is 0 Å². The summed E-state index contributed by atoms with van der Waals surface area (Å²) in [5, 5.41) is 0. The molecule has 0 radical (unpaired) electrons. The lowest BCUT2D eigenvalue weighted by atomic mass is 9.74. The molecule has 0 bridgehead atoms. The molecule has 1 aromatic carbocycles. The monoisotopic (exact) mass is 442 g/mol. The highest BCUT2D eigenvalue weighted by molar-refractivity contribution is 6.11. The van der Waals surface area contributed by atoms with Crippen LogP contribution in [0.15, 0.2) is 35.6 Å². The predicted octanol–water partition coefficient (Wildman–Crippen LogP) is 3.09. The highest BCUT2D eigenvalue weighted by atomic mass is 19.1. The van der Waals surface area contributed by atoms with Crippen LogP contribution < -0.4 is 0 Å². The molecule has 0 spiro atoms. The van der Waals surface area contributed by atoms with Crippen molar-refractivity contribution in [3.8, 4) is 0 Å². The van der Waals surface area contributed by atoms with Crippen molar-refractivity contribution in [1.29, 1.82) is 0 Å². The maximum absolute atomic E-state index is 13.6. The molecule has 1 aromatic rings. The van der Waals surface area contributed by atoms with Gasteiger partial charge in [0.15, 0.2) is 11.5 Å². The second-order valence-electron chi connectivity index (χ2n) is 9.55. The molecule has 4 atom stereocenters. The lowest BCUT2D eigenvalue weighted by Gasteiger charge is -2.37. The molecule has 0 aromatic heterocycles. The van der Waals surface area contributed by atoms with Crippen molar-refractivity contribution in [2.45, 2.75) is 44.8 Å². The van der Waals surface area contributed by atoms with Crippen LogP contribution in [-0.2, 0) is 19.1 Å². The highest BCUT2D eigenvalue weighted by Gasteiger charge is 2.52. The van der Waals surface area contributed by atoms with Crippen LogP contribution in [0.4, 0.5) is 4.39 Å². The van der Waals surface area contributed by atoms with Gasteiger partial charge in [-0.2, -0.15) is 0 Å². The molecule has 32 heavy (non-hydrogen) atoms. The summed E-state index contributed by atoms with van der Waals surface area (Å²) in [7, 11) is 0. The van der Waals surface area contributed by atoms with E-state index < -0.39 is 6.04 Å². The van der Waals surface area contributed by atoms with Crippen molar-refractivity contribution in [1.82, 2.24) is 9.80 Å². The Kier molecular flexibility index (Phi) is 6.03. The third kappa shape index (κ3) is 3.97. The van der Waals surface area contributed by atoms with Gasteiger partial charge in [0.25, 0.3) is 5.91 Å². The fraction of sp³-hybridized carbons (Fsp3) is 0.600. The molecule has 172 valence electrons. The lowest BCUT2D eigenvalue weighted by Crippen LogP contribution is -2.41. The molecule has 2 fully saturated rings. The molecule has 1 amide bonds. The number of fused-ring (bicyclic) bond motifs is 1. The van der Waals surface area contributed by atoms with Gasteiger partial charge < -0.3 is 14.4 Å². The van der Waals surface area contributed by atoms with E-state index in [0.29, 0.717) is 18.0 Å². The third-order valence-electron chi connectivity index (χ3n) is 7.37. The fourth-order valence-electron chi connectivity index (χ4n) is 5.64. The van der Waals surface area contributed by atoms with Crippen molar-refractivity contribution in [3.05, 3.63) is 47.0 Å². The fourth-order valence-corrected chi connectivity index (χ4v) is 5.64. The zero-order chi connectivity index (χ0) is 22.2. The summed E-state index contributed by atoms with van der Waals surface area (Å²) >= 11 is 0. The average Bonchev–Trinajstić information content (AvgIpc) is 3.08. The van der Waals surface area contributed by atoms with Crippen molar-refractivity contribution < 1.29 is 23.5 Å². The molecule has 4 aliphatic rings. The Morgan fingerprint density at radius 1 is 1.06 bits per heavy atom. The Balaban J connectivity index is 1.41. The van der Waals surface area contributed by atoms with Gasteiger partial charge in [-0.1, -0.05) is 19.1 Å². The summed E-state index contributed by atoms with van der Waals surface area (Å²) < 4.78 is 25.3. The zero-order valence-electron chi connectivity index (χ0n) is 18.6. The standard InChI is InChI=1S/C25H31FN2O4/c1-16-3-8-20-19(15-16)23(29)21-22(17-4-6-18(26)7-5-17)28(25(30)24(21)32-20)10-2-9-27-11-13-31-14-12-27/h4-7,16,19-20,22H,2-3,8-15H2,1H3. The second-order valence-corrected chi connectivity index (χ2v) is 9.55. The van der Waals surface area contributed by atoms with Gasteiger partial charge >= 0.3 is 0 Å². The number of carbonyl (C=O) groups excluding carboxylic acids is 2. The maximum atomic E-state index is 13.6. The Labute approximate surface area is 188 Å². The Morgan fingerprint density at radius 2 is 1.81 bits per heavy atom. The Morgan fingerprint density at radius 3 is 2.56 bits per heavy atom. The third-order valence-corrected chi connectivity index (χ3v) is 7.37. The Hall–Kier alpha value is -2.25. The summed E-state index contributed by atoms with van der Waals surface area (Å²) in [6, 6.07) is 5.64. The summed E-state index contributed by atoms with van der Waals surface area (Å²) in [6.45, 7) is 6.82. The number of ketones is 1. The molecule has 1 aliphatic carbocycles. The number of ether oxygens (including phenoxy) is 2.